The summed E-state index contributed by atoms with van der Waals surface area (Å²) >= 11 is 0. The highest BCUT2D eigenvalue weighted by Crippen LogP contribution is 2.34. The van der Waals surface area contributed by atoms with Gasteiger partial charge in [-0.3, -0.25) is 0 Å². The molecule has 312 valence electrons. The quantitative estimate of drug-likeness (QED) is 0.115. The maximum atomic E-state index is 2.60. The van der Waals surface area contributed by atoms with Crippen LogP contribution in [-0.4, -0.2) is 38.0 Å². The van der Waals surface area contributed by atoms with Crippen molar-refractivity contribution in [2.24, 2.45) is 0 Å². The van der Waals surface area contributed by atoms with E-state index in [1.54, 1.807) is 10.4 Å². The molecule has 0 unspecified atom stereocenters. The van der Waals surface area contributed by atoms with Crippen molar-refractivity contribution in [2.45, 2.75) is 0 Å². The van der Waals surface area contributed by atoms with E-state index in [1.807, 2.05) is 0 Å². The van der Waals surface area contributed by atoms with Gasteiger partial charge in [0.05, 0.1) is 0 Å². The first-order valence-corrected chi connectivity index (χ1v) is 36.8. The lowest BCUT2D eigenvalue weighted by atomic mass is 10.4. The summed E-state index contributed by atoms with van der Waals surface area (Å²) in [5, 5.41) is 15.2. The number of rotatable bonds is 14. The molecule has 0 aliphatic rings. The molecule has 0 aromatic heterocycles. The summed E-state index contributed by atoms with van der Waals surface area (Å²) in [7, 11) is -15.2. The van der Waals surface area contributed by atoms with Crippen LogP contribution in [0.5, 0.6) is 0 Å². The van der Waals surface area contributed by atoms with Gasteiger partial charge in [0.15, 0.2) is 0 Å². The highest BCUT2D eigenvalue weighted by atomic mass is 29.9. The van der Waals surface area contributed by atoms with E-state index in [0.29, 0.717) is 0 Å². The molecule has 0 spiro atoms. The molecule has 0 saturated carbocycles. The first-order chi connectivity index (χ1) is 32.3. The van der Waals surface area contributed by atoms with E-state index < -0.39 is 38.0 Å². The van der Waals surface area contributed by atoms with E-state index in [2.05, 4.69) is 303 Å². The molecule has 10 rings (SSSR count). The van der Waals surface area contributed by atoms with Crippen LogP contribution in [0.3, 0.4) is 0 Å². The van der Waals surface area contributed by atoms with Gasteiger partial charge in [-0.05, 0) is 0 Å². The maximum absolute atomic E-state index is 3.53. The topological polar surface area (TPSA) is 0 Å². The Balaban J connectivity index is 1.62. The Morgan fingerprint density at radius 1 is 0.169 bits per heavy atom. The van der Waals surface area contributed by atoms with E-state index >= 15 is 0 Å². The van der Waals surface area contributed by atoms with Crippen molar-refractivity contribution in [3.63, 3.8) is 0 Å². The average Bonchev–Trinajstić information content (AvgIpc) is 3.41. The molecule has 65 heavy (non-hydrogen) atoms. The van der Waals surface area contributed by atoms with Gasteiger partial charge in [0.2, 0.25) is 0 Å². The van der Waals surface area contributed by atoms with E-state index in [-0.39, 0.29) is 0 Å². The molecule has 0 radical (unpaired) electrons. The molecule has 0 aliphatic carbocycles. The molecular weight excluding hydrogens is 861 g/mol. The molecule has 0 nitrogen and oxygen atoms in total. The second-order valence-electron chi connectivity index (χ2n) is 17.1. The largest absolute Gasteiger partial charge is 0.121 e. The Labute approximate surface area is 390 Å². The van der Waals surface area contributed by atoms with Crippen molar-refractivity contribution in [1.29, 1.82) is 0 Å². The number of hydrogen-bond acceptors (Lipinski definition) is 0. The van der Waals surface area contributed by atoms with Crippen molar-refractivity contribution in [3.05, 3.63) is 303 Å². The van der Waals surface area contributed by atoms with Crippen molar-refractivity contribution >= 4 is 89.8 Å². The third-order valence-electron chi connectivity index (χ3n) is 13.9. The predicted molar refractivity (Wildman–Crippen MR) is 292 cm³/mol. The Hall–Kier alpha value is -6.72. The molecule has 0 atom stereocenters. The van der Waals surface area contributed by atoms with Crippen LogP contribution < -0.4 is 51.9 Å². The van der Waals surface area contributed by atoms with Gasteiger partial charge in [-0.15, -0.1) is 0 Å². The van der Waals surface area contributed by atoms with Crippen LogP contribution in [-0.2, 0) is 0 Å². The van der Waals surface area contributed by atoms with Crippen molar-refractivity contribution < 1.29 is 0 Å². The molecule has 5 heteroatoms. The molecule has 0 saturated heterocycles. The summed E-state index contributed by atoms with van der Waals surface area (Å²) in [6, 6.07) is 120. The fraction of sp³-hybridized carbons (Fsp3) is 0. The van der Waals surface area contributed by atoms with Gasteiger partial charge in [0.1, 0.15) is 38.0 Å². The lowest BCUT2D eigenvalue weighted by molar-refractivity contribution is 1.69. The minimum Gasteiger partial charge on any atom is -0.0632 e. The fourth-order valence-corrected chi connectivity index (χ4v) is 118. The zero-order valence-corrected chi connectivity index (χ0v) is 41.8. The highest BCUT2D eigenvalue weighted by Gasteiger charge is 2.75. The van der Waals surface area contributed by atoms with Gasteiger partial charge in [-0.1, -0.05) is 355 Å². The molecule has 0 bridgehead atoms. The highest BCUT2D eigenvalue weighted by molar-refractivity contribution is 8.04. The standard InChI is InChI=1S/C60H52Si5/c1-11-31-51(32-12-1)61(52-33-13-2-14-34-52)63(55-39-19-5-20-40-55,56-41-21-6-22-42-56)65(59-47-27-9-28-48-59,60-49-29-10-30-50-60)64(57-43-23-7-24-44-57,58-45-25-8-26-46-58)62(53-35-15-3-16-36-53)54-37-17-4-18-38-54/h1-50,61-62H. The number of benzene rings is 10. The monoisotopic (exact) mass is 912 g/mol. The second-order valence-corrected chi connectivity index (χ2v) is 52.5. The second kappa shape index (κ2) is 19.2. The van der Waals surface area contributed by atoms with E-state index in [4.69, 9.17) is 0 Å². The Bertz CT molecular complexity index is 2630. The molecule has 10 aromatic carbocycles. The van der Waals surface area contributed by atoms with Gasteiger partial charge in [0.25, 0.3) is 0 Å². The van der Waals surface area contributed by atoms with Crippen molar-refractivity contribution in [2.75, 3.05) is 0 Å². The van der Waals surface area contributed by atoms with Gasteiger partial charge < -0.3 is 0 Å². The predicted octanol–water partition coefficient (Wildman–Crippen LogP) is 6.17. The lowest BCUT2D eigenvalue weighted by Crippen LogP contribution is -3.07. The van der Waals surface area contributed by atoms with Crippen LogP contribution in [0.1, 0.15) is 0 Å². The van der Waals surface area contributed by atoms with E-state index in [1.165, 1.54) is 41.5 Å². The maximum Gasteiger partial charge on any atom is 0.121 e. The summed E-state index contributed by atoms with van der Waals surface area (Å²) in [6.45, 7) is 0. The molecule has 0 fully saturated rings. The third-order valence-corrected chi connectivity index (χ3v) is 82.1. The van der Waals surface area contributed by atoms with Crippen LogP contribution in [0.25, 0.3) is 0 Å². The molecular formula is C60H52Si5. The number of hydrogen-bond donors (Lipinski definition) is 0. The first kappa shape index (κ1) is 42.2. The van der Waals surface area contributed by atoms with E-state index in [9.17, 15) is 0 Å². The Kier molecular flexibility index (Phi) is 12.5. The molecule has 10 aromatic rings. The lowest BCUT2D eigenvalue weighted by Gasteiger charge is -2.63. The smallest absolute Gasteiger partial charge is 0.0632 e. The zero-order chi connectivity index (χ0) is 43.8. The summed E-state index contributed by atoms with van der Waals surface area (Å²) in [6.07, 6.45) is 0. The normalized spacial score (nSPS) is 12.0. The van der Waals surface area contributed by atoms with Gasteiger partial charge in [-0.2, -0.15) is 0 Å². The fourth-order valence-electron chi connectivity index (χ4n) is 11.8. The molecule has 0 heterocycles. The molecule has 0 amide bonds. The van der Waals surface area contributed by atoms with Gasteiger partial charge in [-0.25, -0.2) is 0 Å². The SMILES string of the molecule is c1ccc([SiH](c2ccccc2)[Si](c2ccccc2)(c2ccccc2)[Si](c2ccccc2)(c2ccccc2)[Si](c2ccccc2)(c2ccccc2)[SiH](c2ccccc2)c2ccccc2)cc1. The van der Waals surface area contributed by atoms with Gasteiger partial charge >= 0.3 is 0 Å². The van der Waals surface area contributed by atoms with Crippen molar-refractivity contribution in [1.82, 2.24) is 0 Å². The van der Waals surface area contributed by atoms with Crippen LogP contribution in [0.15, 0.2) is 303 Å². The van der Waals surface area contributed by atoms with Crippen LogP contribution in [0.2, 0.25) is 0 Å². The van der Waals surface area contributed by atoms with Crippen LogP contribution in [0, 0.1) is 0 Å². The molecule has 0 N–H and O–H groups in total. The average molecular weight is 914 g/mol. The van der Waals surface area contributed by atoms with Crippen molar-refractivity contribution in [3.8, 4) is 0 Å². The summed E-state index contributed by atoms with van der Waals surface area (Å²) in [5.41, 5.74) is 0. The first-order valence-electron chi connectivity index (χ1n) is 22.8. The van der Waals surface area contributed by atoms with Gasteiger partial charge in [0, 0.05) is 0 Å². The van der Waals surface area contributed by atoms with Crippen LogP contribution >= 0.6 is 0 Å². The summed E-state index contributed by atoms with van der Waals surface area (Å²) in [5.74, 6) is 0. The third kappa shape index (κ3) is 7.26. The Morgan fingerprint density at radius 3 is 0.508 bits per heavy atom. The zero-order valence-electron chi connectivity index (χ0n) is 36.5. The minimum absolute atomic E-state index is 1.50. The summed E-state index contributed by atoms with van der Waals surface area (Å²) < 4.78 is 0. The van der Waals surface area contributed by atoms with Crippen LogP contribution in [0.4, 0.5) is 0 Å². The van der Waals surface area contributed by atoms with E-state index in [0.717, 1.165) is 0 Å². The Morgan fingerprint density at radius 2 is 0.323 bits per heavy atom. The molecule has 0 aliphatic heterocycles. The minimum atomic E-state index is -3.53. The summed E-state index contributed by atoms with van der Waals surface area (Å²) in [4.78, 5) is 0.